The summed E-state index contributed by atoms with van der Waals surface area (Å²) in [6.07, 6.45) is 1.06. The molecule has 0 spiro atoms. The summed E-state index contributed by atoms with van der Waals surface area (Å²) in [6.45, 7) is 6.78. The summed E-state index contributed by atoms with van der Waals surface area (Å²) < 4.78 is 17.9. The van der Waals surface area contributed by atoms with Gasteiger partial charge in [-0.1, -0.05) is 17.7 Å². The molecule has 0 amide bonds. The topological polar surface area (TPSA) is 38.3 Å². The predicted octanol–water partition coefficient (Wildman–Crippen LogP) is 3.65. The lowest BCUT2D eigenvalue weighted by molar-refractivity contribution is -0.143. The number of hydrogen-bond donors (Lipinski definition) is 1. The second-order valence-electron chi connectivity index (χ2n) is 5.08. The maximum Gasteiger partial charge on any atom is 0.305 e. The van der Waals surface area contributed by atoms with Gasteiger partial charge in [0.25, 0.3) is 0 Å². The van der Waals surface area contributed by atoms with Crippen LogP contribution in [0.15, 0.2) is 18.2 Å². The molecule has 0 fully saturated rings. The van der Waals surface area contributed by atoms with Crippen LogP contribution in [0.1, 0.15) is 39.2 Å². The number of esters is 1. The first kappa shape index (κ1) is 16.9. The van der Waals surface area contributed by atoms with Gasteiger partial charge in [0.2, 0.25) is 0 Å². The minimum atomic E-state index is -0.389. The molecule has 0 unspecified atom stereocenters. The van der Waals surface area contributed by atoms with E-state index in [-0.39, 0.29) is 17.3 Å². The van der Waals surface area contributed by atoms with E-state index in [9.17, 15) is 9.18 Å². The fraction of sp³-hybridized carbons (Fsp3) is 0.533. The number of carbonyl (C=O) groups excluding carboxylic acids is 1. The van der Waals surface area contributed by atoms with Crippen LogP contribution in [-0.4, -0.2) is 19.1 Å². The molecular formula is C15H21ClFNO2. The molecule has 112 valence electrons. The van der Waals surface area contributed by atoms with Gasteiger partial charge >= 0.3 is 5.97 Å². The number of halogens is 2. The van der Waals surface area contributed by atoms with Crippen LogP contribution in [0.25, 0.3) is 0 Å². The molecular weight excluding hydrogens is 281 g/mol. The third-order valence-electron chi connectivity index (χ3n) is 3.03. The highest BCUT2D eigenvalue weighted by atomic mass is 35.5. The van der Waals surface area contributed by atoms with Crippen molar-refractivity contribution in [1.29, 1.82) is 0 Å². The molecule has 0 atom stereocenters. The Morgan fingerprint density at radius 2 is 2.15 bits per heavy atom. The average Bonchev–Trinajstić information content (AvgIpc) is 2.34. The Bertz CT molecular complexity index is 463. The summed E-state index contributed by atoms with van der Waals surface area (Å²) in [5, 5.41) is 3.71. The van der Waals surface area contributed by atoms with Crippen molar-refractivity contribution in [2.75, 3.05) is 13.2 Å². The summed E-state index contributed by atoms with van der Waals surface area (Å²) in [4.78, 5) is 11.2. The Hall–Kier alpha value is -1.13. The van der Waals surface area contributed by atoms with Gasteiger partial charge in [0.15, 0.2) is 0 Å². The van der Waals surface area contributed by atoms with Crippen LogP contribution in [0.4, 0.5) is 4.39 Å². The zero-order valence-electron chi connectivity index (χ0n) is 12.1. The second kappa shape index (κ2) is 7.60. The van der Waals surface area contributed by atoms with Crippen LogP contribution in [0.3, 0.4) is 0 Å². The maximum absolute atomic E-state index is 13.0. The number of hydrogen-bond acceptors (Lipinski definition) is 3. The van der Waals surface area contributed by atoms with Gasteiger partial charge in [-0.15, -0.1) is 0 Å². The van der Waals surface area contributed by atoms with Crippen LogP contribution < -0.4 is 5.32 Å². The number of rotatable bonds is 7. The molecule has 1 N–H and O–H groups in total. The van der Waals surface area contributed by atoms with Crippen molar-refractivity contribution in [2.24, 2.45) is 0 Å². The van der Waals surface area contributed by atoms with Crippen molar-refractivity contribution >= 4 is 17.6 Å². The summed E-state index contributed by atoms with van der Waals surface area (Å²) in [7, 11) is 0. The van der Waals surface area contributed by atoms with Crippen molar-refractivity contribution < 1.29 is 13.9 Å². The van der Waals surface area contributed by atoms with E-state index in [4.69, 9.17) is 16.3 Å². The van der Waals surface area contributed by atoms with Gasteiger partial charge in [0.1, 0.15) is 5.82 Å². The number of nitrogens with one attached hydrogen (secondary N) is 1. The first-order valence-electron chi connectivity index (χ1n) is 6.73. The molecule has 5 heteroatoms. The van der Waals surface area contributed by atoms with Crippen LogP contribution in [0.5, 0.6) is 0 Å². The van der Waals surface area contributed by atoms with Crippen molar-refractivity contribution in [3.8, 4) is 0 Å². The first-order valence-corrected chi connectivity index (χ1v) is 7.11. The molecule has 20 heavy (non-hydrogen) atoms. The molecule has 0 aliphatic rings. The third kappa shape index (κ3) is 5.10. The Morgan fingerprint density at radius 3 is 2.75 bits per heavy atom. The molecule has 0 aromatic heterocycles. The van der Waals surface area contributed by atoms with Crippen molar-refractivity contribution in [3.63, 3.8) is 0 Å². The van der Waals surface area contributed by atoms with Gasteiger partial charge in [-0.05, 0) is 51.4 Å². The lowest BCUT2D eigenvalue weighted by Crippen LogP contribution is -2.37. The first-order chi connectivity index (χ1) is 9.36. The smallest absolute Gasteiger partial charge is 0.305 e. The Kier molecular flexibility index (Phi) is 6.43. The van der Waals surface area contributed by atoms with E-state index in [1.54, 1.807) is 13.0 Å². The van der Waals surface area contributed by atoms with Gasteiger partial charge in [-0.3, -0.25) is 4.79 Å². The molecule has 1 rings (SSSR count). The highest BCUT2D eigenvalue weighted by Gasteiger charge is 2.22. The standard InChI is InChI=1S/C15H21ClFNO2/c1-4-20-14(19)6-5-9-18-15(2,3)12-8-7-11(17)10-13(12)16/h7-8,10,18H,4-6,9H2,1-3H3. The van der Waals surface area contributed by atoms with Gasteiger partial charge < -0.3 is 10.1 Å². The van der Waals surface area contributed by atoms with Crippen molar-refractivity contribution in [1.82, 2.24) is 5.32 Å². The largest absolute Gasteiger partial charge is 0.466 e. The van der Waals surface area contributed by atoms with E-state index in [0.29, 0.717) is 31.0 Å². The minimum absolute atomic E-state index is 0.188. The van der Waals surface area contributed by atoms with E-state index in [0.717, 1.165) is 5.56 Å². The highest BCUT2D eigenvalue weighted by molar-refractivity contribution is 6.31. The fourth-order valence-electron chi connectivity index (χ4n) is 1.96. The second-order valence-corrected chi connectivity index (χ2v) is 5.49. The van der Waals surface area contributed by atoms with Crippen LogP contribution >= 0.6 is 11.6 Å². The third-order valence-corrected chi connectivity index (χ3v) is 3.35. The lowest BCUT2D eigenvalue weighted by atomic mass is 9.94. The molecule has 3 nitrogen and oxygen atoms in total. The molecule has 0 aliphatic heterocycles. The number of ether oxygens (including phenoxy) is 1. The molecule has 0 aliphatic carbocycles. The number of benzene rings is 1. The summed E-state index contributed by atoms with van der Waals surface area (Å²) in [5.74, 6) is -0.538. The summed E-state index contributed by atoms with van der Waals surface area (Å²) >= 11 is 6.06. The molecule has 1 aromatic carbocycles. The van der Waals surface area contributed by atoms with E-state index in [1.165, 1.54) is 12.1 Å². The van der Waals surface area contributed by atoms with Gasteiger partial charge in [0, 0.05) is 17.0 Å². The van der Waals surface area contributed by atoms with E-state index in [1.807, 2.05) is 13.8 Å². The average molecular weight is 302 g/mol. The van der Waals surface area contributed by atoms with Crippen LogP contribution in [-0.2, 0) is 15.1 Å². The minimum Gasteiger partial charge on any atom is -0.466 e. The molecule has 0 heterocycles. The summed E-state index contributed by atoms with van der Waals surface area (Å²) in [6, 6.07) is 4.37. The molecule has 0 bridgehead atoms. The highest BCUT2D eigenvalue weighted by Crippen LogP contribution is 2.28. The van der Waals surface area contributed by atoms with E-state index >= 15 is 0 Å². The lowest BCUT2D eigenvalue weighted by Gasteiger charge is -2.28. The molecule has 1 aromatic rings. The van der Waals surface area contributed by atoms with E-state index in [2.05, 4.69) is 5.32 Å². The molecule has 0 saturated carbocycles. The summed E-state index contributed by atoms with van der Waals surface area (Å²) in [5.41, 5.74) is 0.441. The quantitative estimate of drug-likeness (QED) is 0.617. The van der Waals surface area contributed by atoms with E-state index < -0.39 is 0 Å². The van der Waals surface area contributed by atoms with Crippen molar-refractivity contribution in [3.05, 3.63) is 34.6 Å². The zero-order valence-corrected chi connectivity index (χ0v) is 12.9. The Balaban J connectivity index is 2.51. The van der Waals surface area contributed by atoms with Gasteiger partial charge in [0.05, 0.1) is 6.61 Å². The molecule has 0 radical (unpaired) electrons. The monoisotopic (exact) mass is 301 g/mol. The van der Waals surface area contributed by atoms with Gasteiger partial charge in [-0.25, -0.2) is 4.39 Å². The zero-order chi connectivity index (χ0) is 15.2. The van der Waals surface area contributed by atoms with Crippen LogP contribution in [0, 0.1) is 5.82 Å². The van der Waals surface area contributed by atoms with Gasteiger partial charge in [-0.2, -0.15) is 0 Å². The molecule has 0 saturated heterocycles. The normalized spacial score (nSPS) is 11.4. The predicted molar refractivity (Wildman–Crippen MR) is 78.3 cm³/mol. The SMILES string of the molecule is CCOC(=O)CCCNC(C)(C)c1ccc(F)cc1Cl. The number of carbonyl (C=O) groups is 1. The van der Waals surface area contributed by atoms with Crippen LogP contribution in [0.2, 0.25) is 5.02 Å². The van der Waals surface area contributed by atoms with Crippen molar-refractivity contribution in [2.45, 2.75) is 39.2 Å². The Labute approximate surface area is 124 Å². The Morgan fingerprint density at radius 1 is 1.45 bits per heavy atom. The fourth-order valence-corrected chi connectivity index (χ4v) is 2.36. The maximum atomic E-state index is 13.0.